The molecule has 2 atom stereocenters. The fraction of sp³-hybridized carbons (Fsp3) is 0.600. The molecule has 10 nitrogen and oxygen atoms in total. The summed E-state index contributed by atoms with van der Waals surface area (Å²) < 4.78 is 44.1. The van der Waals surface area contributed by atoms with Crippen molar-refractivity contribution in [2.45, 2.75) is 81.5 Å². The molecule has 1 spiro atoms. The van der Waals surface area contributed by atoms with Crippen LogP contribution in [-0.2, 0) is 11.2 Å². The molecule has 2 N–H and O–H groups in total. The Labute approximate surface area is 282 Å². The van der Waals surface area contributed by atoms with Gasteiger partial charge in [0.05, 0.1) is 34.8 Å². The molecule has 1 aliphatic carbocycles. The molecule has 48 heavy (non-hydrogen) atoms. The third-order valence-corrected chi connectivity index (χ3v) is 12.0. The molecule has 3 aromatic heterocycles. The summed E-state index contributed by atoms with van der Waals surface area (Å²) >= 11 is 6.86. The number of nitrogens with zero attached hydrogens (tertiary/aromatic N) is 6. The SMILES string of the molecule is OC12COCCCCc3c(Cl)cc4[nH]ncc4c3-c3ncc4c(nc(OC[C@@]56CCCN5C[C@H](F)C6)nc4c3F)N3CCCC(C3)(C1)C2. The summed E-state index contributed by atoms with van der Waals surface area (Å²) in [5.41, 5.74) is 0.981. The summed E-state index contributed by atoms with van der Waals surface area (Å²) in [7, 11) is 0. The Bertz CT molecular complexity index is 1900. The van der Waals surface area contributed by atoms with Crippen LogP contribution in [0.2, 0.25) is 5.02 Å². The van der Waals surface area contributed by atoms with Crippen LogP contribution in [0.15, 0.2) is 18.5 Å². The van der Waals surface area contributed by atoms with E-state index < -0.39 is 23.1 Å². The maximum atomic E-state index is 17.2. The van der Waals surface area contributed by atoms with Gasteiger partial charge >= 0.3 is 6.01 Å². The van der Waals surface area contributed by atoms with Gasteiger partial charge in [0.15, 0.2) is 5.82 Å². The monoisotopic (exact) mass is 679 g/mol. The number of piperidine rings is 1. The highest BCUT2D eigenvalue weighted by Gasteiger charge is 2.55. The Morgan fingerprint density at radius 1 is 1.10 bits per heavy atom. The lowest BCUT2D eigenvalue weighted by molar-refractivity contribution is -0.167. The van der Waals surface area contributed by atoms with Crippen LogP contribution in [0.3, 0.4) is 0 Å². The van der Waals surface area contributed by atoms with Gasteiger partial charge in [-0.2, -0.15) is 15.1 Å². The Hall–Kier alpha value is -3.19. The van der Waals surface area contributed by atoms with E-state index in [1.54, 1.807) is 12.4 Å². The number of aromatic nitrogens is 5. The van der Waals surface area contributed by atoms with Crippen molar-refractivity contribution in [2.24, 2.45) is 5.41 Å². The minimum Gasteiger partial charge on any atom is -0.461 e. The fourth-order valence-electron chi connectivity index (χ4n) is 9.66. The van der Waals surface area contributed by atoms with Gasteiger partial charge in [-0.25, -0.2) is 8.78 Å². The fourth-order valence-corrected chi connectivity index (χ4v) is 9.96. The van der Waals surface area contributed by atoms with E-state index in [0.29, 0.717) is 79.3 Å². The predicted octanol–water partition coefficient (Wildman–Crippen LogP) is 5.78. The second-order valence-electron chi connectivity index (χ2n) is 15.0. The molecule has 7 aliphatic rings. The summed E-state index contributed by atoms with van der Waals surface area (Å²) in [4.78, 5) is 18.7. The zero-order valence-corrected chi connectivity index (χ0v) is 27.7. The van der Waals surface area contributed by atoms with E-state index in [2.05, 4.69) is 20.0 Å². The molecule has 0 amide bonds. The third kappa shape index (κ3) is 5.04. The normalized spacial score (nSPS) is 30.8. The van der Waals surface area contributed by atoms with Crippen LogP contribution < -0.4 is 9.64 Å². The van der Waals surface area contributed by atoms with Crippen LogP contribution in [0.4, 0.5) is 14.6 Å². The lowest BCUT2D eigenvalue weighted by Gasteiger charge is -2.57. The molecule has 1 aromatic carbocycles. The van der Waals surface area contributed by atoms with Crippen molar-refractivity contribution in [2.75, 3.05) is 50.9 Å². The molecular weight excluding hydrogens is 640 g/mol. The Morgan fingerprint density at radius 3 is 2.88 bits per heavy atom. The second kappa shape index (κ2) is 11.4. The minimum atomic E-state index is -0.892. The number of halogens is 3. The van der Waals surface area contributed by atoms with E-state index in [4.69, 9.17) is 36.0 Å². The molecule has 0 unspecified atom stereocenters. The van der Waals surface area contributed by atoms with Gasteiger partial charge in [0, 0.05) is 54.8 Å². The van der Waals surface area contributed by atoms with Gasteiger partial charge in [0.2, 0.25) is 0 Å². The molecule has 3 saturated heterocycles. The summed E-state index contributed by atoms with van der Waals surface area (Å²) in [6.45, 7) is 3.71. The summed E-state index contributed by atoms with van der Waals surface area (Å²) in [6.07, 6.45) is 9.99. The second-order valence-corrected chi connectivity index (χ2v) is 15.4. The summed E-state index contributed by atoms with van der Waals surface area (Å²) in [5.74, 6) is -0.0123. The first kappa shape index (κ1) is 30.8. The number of anilines is 1. The minimum absolute atomic E-state index is 0.0735. The molecule has 11 rings (SSSR count). The number of alkyl halides is 1. The molecule has 0 radical (unpaired) electrons. The van der Waals surface area contributed by atoms with E-state index in [1.165, 1.54) is 0 Å². The average molecular weight is 680 g/mol. The summed E-state index contributed by atoms with van der Waals surface area (Å²) in [6, 6.07) is 1.89. The smallest absolute Gasteiger partial charge is 0.319 e. The number of aromatic amines is 1. The van der Waals surface area contributed by atoms with Crippen LogP contribution in [0, 0.1) is 11.2 Å². The van der Waals surface area contributed by atoms with Crippen molar-refractivity contribution >= 4 is 39.2 Å². The van der Waals surface area contributed by atoms with Crippen molar-refractivity contribution in [3.8, 4) is 17.3 Å². The van der Waals surface area contributed by atoms with Crippen LogP contribution in [0.25, 0.3) is 33.1 Å². The van der Waals surface area contributed by atoms with Crippen molar-refractivity contribution in [1.29, 1.82) is 0 Å². The zero-order chi connectivity index (χ0) is 32.7. The lowest BCUT2D eigenvalue weighted by atomic mass is 9.56. The van der Waals surface area contributed by atoms with Crippen molar-refractivity contribution in [1.82, 2.24) is 30.0 Å². The number of fused-ring (bicyclic) bond motifs is 2. The van der Waals surface area contributed by atoms with E-state index in [-0.39, 0.29) is 29.2 Å². The maximum absolute atomic E-state index is 17.2. The number of hydrogen-bond donors (Lipinski definition) is 2. The first-order valence-corrected chi connectivity index (χ1v) is 17.7. The van der Waals surface area contributed by atoms with Gasteiger partial charge in [-0.15, -0.1) is 0 Å². The van der Waals surface area contributed by atoms with Gasteiger partial charge in [-0.05, 0) is 81.4 Å². The molecule has 4 fully saturated rings. The van der Waals surface area contributed by atoms with Crippen LogP contribution >= 0.6 is 11.6 Å². The Balaban J connectivity index is 1.19. The molecule has 6 aliphatic heterocycles. The first-order valence-electron chi connectivity index (χ1n) is 17.3. The van der Waals surface area contributed by atoms with Crippen LogP contribution in [0.1, 0.15) is 63.4 Å². The van der Waals surface area contributed by atoms with Crippen LogP contribution in [0.5, 0.6) is 6.01 Å². The number of hydrogen-bond acceptors (Lipinski definition) is 9. The van der Waals surface area contributed by atoms with Gasteiger partial charge in [0.25, 0.3) is 0 Å². The molecule has 254 valence electrons. The predicted molar refractivity (Wildman–Crippen MR) is 178 cm³/mol. The van der Waals surface area contributed by atoms with Crippen molar-refractivity contribution in [3.63, 3.8) is 0 Å². The standard InChI is InChI=1S/C35H40ClF2N7O3/c36-25-11-26-23(14-40-43-26)27-22(25)5-1-2-10-47-20-35(46)16-33(17-35)6-3-8-44(18-33)31-24-13-39-30(27)28(38)29(24)41-32(42-31)48-19-34-7-4-9-45(34)15-21(37)12-34/h11,13-14,21,46H,1-10,12,15-20H2,(H,40,43)/t21-,33?,34+,35?/m1/s1. The first-order chi connectivity index (χ1) is 23.2. The highest BCUT2D eigenvalue weighted by Crippen LogP contribution is 2.54. The van der Waals surface area contributed by atoms with Crippen molar-refractivity contribution in [3.05, 3.63) is 34.9 Å². The number of rotatable bonds is 3. The van der Waals surface area contributed by atoms with Gasteiger partial charge in [-0.1, -0.05) is 11.6 Å². The number of pyridine rings is 1. The van der Waals surface area contributed by atoms with Gasteiger partial charge in [-0.3, -0.25) is 15.0 Å². The number of H-pyrrole nitrogens is 1. The molecule has 4 aromatic rings. The largest absolute Gasteiger partial charge is 0.461 e. The molecule has 9 heterocycles. The highest BCUT2D eigenvalue weighted by molar-refractivity contribution is 6.33. The third-order valence-electron chi connectivity index (χ3n) is 11.6. The van der Waals surface area contributed by atoms with E-state index in [1.807, 2.05) is 6.07 Å². The topological polar surface area (TPSA) is 113 Å². The highest BCUT2D eigenvalue weighted by atomic mass is 35.5. The molecule has 1 saturated carbocycles. The quantitative estimate of drug-likeness (QED) is 0.278. The van der Waals surface area contributed by atoms with Crippen LogP contribution in [-0.4, -0.2) is 98.5 Å². The Morgan fingerprint density at radius 2 is 1.98 bits per heavy atom. The number of ether oxygens (including phenoxy) is 2. The lowest BCUT2D eigenvalue weighted by Crippen LogP contribution is -2.60. The molecule has 7 bridgehead atoms. The maximum Gasteiger partial charge on any atom is 0.319 e. The van der Waals surface area contributed by atoms with E-state index in [9.17, 15) is 9.50 Å². The summed E-state index contributed by atoms with van der Waals surface area (Å²) in [5, 5.41) is 20.3. The zero-order valence-electron chi connectivity index (χ0n) is 26.9. The number of aliphatic hydroxyl groups is 1. The Kier molecular flexibility index (Phi) is 7.34. The van der Waals surface area contributed by atoms with Gasteiger partial charge in [0.1, 0.15) is 29.8 Å². The van der Waals surface area contributed by atoms with E-state index in [0.717, 1.165) is 62.6 Å². The molecule has 13 heteroatoms. The van der Waals surface area contributed by atoms with Gasteiger partial charge < -0.3 is 19.5 Å². The number of nitrogens with one attached hydrogen (secondary N) is 1. The average Bonchev–Trinajstić information content (AvgIpc) is 3.75. The van der Waals surface area contributed by atoms with Crippen molar-refractivity contribution < 1.29 is 23.4 Å². The van der Waals surface area contributed by atoms with E-state index >= 15 is 4.39 Å². The molecular formula is C35H40ClF2N7O3. The number of benzene rings is 1.